The van der Waals surface area contributed by atoms with Gasteiger partial charge in [0.25, 0.3) is 0 Å². The van der Waals surface area contributed by atoms with Gasteiger partial charge < -0.3 is 4.74 Å². The zero-order valence-corrected chi connectivity index (χ0v) is 9.12. The minimum absolute atomic E-state index is 0.744. The first-order chi connectivity index (χ1) is 6.29. The Morgan fingerprint density at radius 2 is 2.23 bits per heavy atom. The molecule has 1 aliphatic carbocycles. The predicted octanol–water partition coefficient (Wildman–Crippen LogP) is 3.26. The summed E-state index contributed by atoms with van der Waals surface area (Å²) >= 11 is 0. The highest BCUT2D eigenvalue weighted by Crippen LogP contribution is 2.33. The van der Waals surface area contributed by atoms with Crippen LogP contribution in [0.25, 0.3) is 0 Å². The third-order valence-corrected chi connectivity index (χ3v) is 3.16. The molecule has 0 radical (unpaired) electrons. The minimum Gasteiger partial charge on any atom is -0.384 e. The fraction of sp³-hybridized carbons (Fsp3) is 0.833. The Bertz CT molecular complexity index is 163. The van der Waals surface area contributed by atoms with Crippen molar-refractivity contribution >= 4 is 0 Å². The SMILES string of the molecule is CCCC1C(C)C=CCC1COC. The van der Waals surface area contributed by atoms with Gasteiger partial charge >= 0.3 is 0 Å². The molecule has 0 aromatic carbocycles. The van der Waals surface area contributed by atoms with Crippen molar-refractivity contribution in [2.75, 3.05) is 13.7 Å². The van der Waals surface area contributed by atoms with E-state index in [1.165, 1.54) is 19.3 Å². The van der Waals surface area contributed by atoms with Gasteiger partial charge in [-0.3, -0.25) is 0 Å². The molecule has 1 rings (SSSR count). The topological polar surface area (TPSA) is 9.23 Å². The lowest BCUT2D eigenvalue weighted by Gasteiger charge is -2.32. The van der Waals surface area contributed by atoms with E-state index in [0.29, 0.717) is 0 Å². The Hall–Kier alpha value is -0.300. The number of rotatable bonds is 4. The van der Waals surface area contributed by atoms with Crippen molar-refractivity contribution in [3.63, 3.8) is 0 Å². The van der Waals surface area contributed by atoms with Crippen molar-refractivity contribution in [2.45, 2.75) is 33.1 Å². The van der Waals surface area contributed by atoms with Crippen molar-refractivity contribution in [3.05, 3.63) is 12.2 Å². The van der Waals surface area contributed by atoms with Crippen LogP contribution in [-0.4, -0.2) is 13.7 Å². The normalized spacial score (nSPS) is 33.6. The molecule has 0 saturated heterocycles. The highest BCUT2D eigenvalue weighted by molar-refractivity contribution is 4.98. The molecule has 13 heavy (non-hydrogen) atoms. The molecule has 0 N–H and O–H groups in total. The Balaban J connectivity index is 2.54. The summed E-state index contributed by atoms with van der Waals surface area (Å²) in [6, 6.07) is 0. The first-order valence-electron chi connectivity index (χ1n) is 5.45. The van der Waals surface area contributed by atoms with Gasteiger partial charge in [-0.1, -0.05) is 32.4 Å². The molecule has 0 fully saturated rings. The molecule has 0 bridgehead atoms. The van der Waals surface area contributed by atoms with E-state index in [4.69, 9.17) is 4.74 Å². The third-order valence-electron chi connectivity index (χ3n) is 3.16. The molecule has 0 heterocycles. The summed E-state index contributed by atoms with van der Waals surface area (Å²) in [6.07, 6.45) is 8.54. The van der Waals surface area contributed by atoms with E-state index in [1.54, 1.807) is 0 Å². The van der Waals surface area contributed by atoms with Crippen LogP contribution in [0.1, 0.15) is 33.1 Å². The molecule has 0 aromatic rings. The van der Waals surface area contributed by atoms with Crippen molar-refractivity contribution in [1.29, 1.82) is 0 Å². The number of allylic oxidation sites excluding steroid dienone is 2. The molecule has 76 valence electrons. The predicted molar refractivity (Wildman–Crippen MR) is 56.7 cm³/mol. The maximum Gasteiger partial charge on any atom is 0.0496 e. The van der Waals surface area contributed by atoms with Crippen molar-refractivity contribution < 1.29 is 4.74 Å². The summed E-state index contributed by atoms with van der Waals surface area (Å²) in [7, 11) is 1.81. The summed E-state index contributed by atoms with van der Waals surface area (Å²) in [5.41, 5.74) is 0. The lowest BCUT2D eigenvalue weighted by Crippen LogP contribution is -2.26. The molecule has 0 saturated carbocycles. The quantitative estimate of drug-likeness (QED) is 0.606. The Labute approximate surface area is 82.2 Å². The van der Waals surface area contributed by atoms with Gasteiger partial charge in [-0.25, -0.2) is 0 Å². The second kappa shape index (κ2) is 5.43. The monoisotopic (exact) mass is 182 g/mol. The molecular formula is C12H22O. The average Bonchev–Trinajstić information content (AvgIpc) is 2.11. The number of ether oxygens (including phenoxy) is 1. The van der Waals surface area contributed by atoms with Gasteiger partial charge in [-0.15, -0.1) is 0 Å². The van der Waals surface area contributed by atoms with Gasteiger partial charge in [-0.05, 0) is 30.6 Å². The van der Waals surface area contributed by atoms with Crippen LogP contribution >= 0.6 is 0 Å². The fourth-order valence-electron chi connectivity index (χ4n) is 2.45. The van der Waals surface area contributed by atoms with E-state index in [9.17, 15) is 0 Å². The Morgan fingerprint density at radius 3 is 2.85 bits per heavy atom. The van der Waals surface area contributed by atoms with E-state index >= 15 is 0 Å². The zero-order chi connectivity index (χ0) is 9.68. The Morgan fingerprint density at radius 1 is 1.46 bits per heavy atom. The van der Waals surface area contributed by atoms with Gasteiger partial charge in [0.05, 0.1) is 0 Å². The standard InChI is InChI=1S/C12H22O/c1-4-6-12-10(2)7-5-8-11(12)9-13-3/h5,7,10-12H,4,6,8-9H2,1-3H3. The maximum absolute atomic E-state index is 5.27. The van der Waals surface area contributed by atoms with Crippen molar-refractivity contribution in [3.8, 4) is 0 Å². The van der Waals surface area contributed by atoms with Crippen LogP contribution in [-0.2, 0) is 4.74 Å². The highest BCUT2D eigenvalue weighted by atomic mass is 16.5. The van der Waals surface area contributed by atoms with Gasteiger partial charge in [0.1, 0.15) is 0 Å². The molecule has 0 spiro atoms. The van der Waals surface area contributed by atoms with Crippen molar-refractivity contribution in [2.24, 2.45) is 17.8 Å². The summed E-state index contributed by atoms with van der Waals surface area (Å²) in [6.45, 7) is 5.53. The first kappa shape index (κ1) is 10.8. The van der Waals surface area contributed by atoms with Crippen molar-refractivity contribution in [1.82, 2.24) is 0 Å². The highest BCUT2D eigenvalue weighted by Gasteiger charge is 2.26. The summed E-state index contributed by atoms with van der Waals surface area (Å²) in [5.74, 6) is 2.34. The van der Waals surface area contributed by atoms with E-state index in [-0.39, 0.29) is 0 Å². The van der Waals surface area contributed by atoms with Crippen LogP contribution in [0.3, 0.4) is 0 Å². The average molecular weight is 182 g/mol. The molecule has 3 unspecified atom stereocenters. The maximum atomic E-state index is 5.27. The number of hydrogen-bond acceptors (Lipinski definition) is 1. The molecule has 0 amide bonds. The summed E-state index contributed by atoms with van der Waals surface area (Å²) < 4.78 is 5.27. The molecule has 1 nitrogen and oxygen atoms in total. The lowest BCUT2D eigenvalue weighted by atomic mass is 9.75. The molecule has 1 heteroatoms. The first-order valence-corrected chi connectivity index (χ1v) is 5.45. The van der Waals surface area contributed by atoms with Crippen LogP contribution in [0, 0.1) is 17.8 Å². The zero-order valence-electron chi connectivity index (χ0n) is 9.12. The molecule has 1 aliphatic rings. The largest absolute Gasteiger partial charge is 0.384 e. The van der Waals surface area contributed by atoms with Crippen LogP contribution in [0.4, 0.5) is 0 Å². The smallest absolute Gasteiger partial charge is 0.0496 e. The molecule has 0 aliphatic heterocycles. The van der Waals surface area contributed by atoms with Crippen LogP contribution in [0.2, 0.25) is 0 Å². The van der Waals surface area contributed by atoms with E-state index in [2.05, 4.69) is 26.0 Å². The van der Waals surface area contributed by atoms with Gasteiger partial charge in [-0.2, -0.15) is 0 Å². The third kappa shape index (κ3) is 2.84. The van der Waals surface area contributed by atoms with Crippen LogP contribution < -0.4 is 0 Å². The van der Waals surface area contributed by atoms with Gasteiger partial charge in [0, 0.05) is 13.7 Å². The molecular weight excluding hydrogens is 160 g/mol. The van der Waals surface area contributed by atoms with Crippen LogP contribution in [0.15, 0.2) is 12.2 Å². The lowest BCUT2D eigenvalue weighted by molar-refractivity contribution is 0.0991. The number of methoxy groups -OCH3 is 1. The second-order valence-corrected chi connectivity index (χ2v) is 4.19. The van der Waals surface area contributed by atoms with Gasteiger partial charge in [0.2, 0.25) is 0 Å². The molecule has 0 aromatic heterocycles. The van der Waals surface area contributed by atoms with Crippen LogP contribution in [0.5, 0.6) is 0 Å². The fourth-order valence-corrected chi connectivity index (χ4v) is 2.45. The van der Waals surface area contributed by atoms with E-state index < -0.39 is 0 Å². The summed E-state index contributed by atoms with van der Waals surface area (Å²) in [4.78, 5) is 0. The Kier molecular flexibility index (Phi) is 4.51. The molecule has 3 atom stereocenters. The minimum atomic E-state index is 0.744. The van der Waals surface area contributed by atoms with E-state index in [0.717, 1.165) is 24.4 Å². The number of hydrogen-bond donors (Lipinski definition) is 0. The summed E-state index contributed by atoms with van der Waals surface area (Å²) in [5, 5.41) is 0. The van der Waals surface area contributed by atoms with E-state index in [1.807, 2.05) is 7.11 Å². The van der Waals surface area contributed by atoms with Gasteiger partial charge in [0.15, 0.2) is 0 Å². The second-order valence-electron chi connectivity index (χ2n) is 4.19.